The van der Waals surface area contributed by atoms with E-state index in [1.165, 1.54) is 0 Å². The third kappa shape index (κ3) is 4.13. The van der Waals surface area contributed by atoms with Gasteiger partial charge in [-0.05, 0) is 38.3 Å². The minimum atomic E-state index is -0.131. The molecule has 1 rings (SSSR count). The third-order valence-corrected chi connectivity index (χ3v) is 4.07. The predicted molar refractivity (Wildman–Crippen MR) is 75.8 cm³/mol. The first-order chi connectivity index (χ1) is 7.85. The first-order valence-electron chi connectivity index (χ1n) is 5.24. The van der Waals surface area contributed by atoms with Crippen molar-refractivity contribution in [2.75, 3.05) is 18.5 Å². The number of hydrogen-bond acceptors (Lipinski definition) is 3. The highest BCUT2D eigenvalue weighted by atomic mass is 35.5. The number of halogens is 1. The average Bonchev–Trinajstić information content (AvgIpc) is 2.30. The van der Waals surface area contributed by atoms with Crippen molar-refractivity contribution in [3.8, 4) is 0 Å². The third-order valence-electron chi connectivity index (χ3n) is 2.49. The number of hydrogen-bond donors (Lipinski definition) is 2. The van der Waals surface area contributed by atoms with Crippen LogP contribution in [0.1, 0.15) is 24.2 Å². The number of nitrogens with one attached hydrogen (secondary N) is 1. The van der Waals surface area contributed by atoms with E-state index < -0.39 is 0 Å². The Morgan fingerprint density at radius 3 is 2.71 bits per heavy atom. The summed E-state index contributed by atoms with van der Waals surface area (Å²) in [5.74, 6) is -0.131. The maximum Gasteiger partial charge on any atom is 0.251 e. The highest BCUT2D eigenvalue weighted by Gasteiger charge is 2.17. The van der Waals surface area contributed by atoms with E-state index in [0.717, 1.165) is 0 Å². The second-order valence-electron chi connectivity index (χ2n) is 4.38. The number of carbonyl (C=O) groups is 1. The molecule has 3 nitrogen and oxygen atoms in total. The molecule has 0 saturated carbocycles. The van der Waals surface area contributed by atoms with Crippen molar-refractivity contribution in [2.24, 2.45) is 0 Å². The van der Waals surface area contributed by atoms with Crippen molar-refractivity contribution >= 4 is 35.0 Å². The summed E-state index contributed by atoms with van der Waals surface area (Å²) in [5.41, 5.74) is 6.59. The fourth-order valence-electron chi connectivity index (χ4n) is 1.14. The molecule has 0 bridgehead atoms. The fraction of sp³-hybridized carbons (Fsp3) is 0.417. The van der Waals surface area contributed by atoms with Crippen LogP contribution < -0.4 is 11.1 Å². The number of benzene rings is 1. The lowest BCUT2D eigenvalue weighted by atomic mass is 10.1. The molecule has 1 aromatic rings. The summed E-state index contributed by atoms with van der Waals surface area (Å²) < 4.78 is 0.0211. The number of thioether (sulfide) groups is 1. The molecular formula is C12H17ClN2OS. The number of rotatable bonds is 4. The zero-order valence-electron chi connectivity index (χ0n) is 10.2. The topological polar surface area (TPSA) is 55.1 Å². The molecule has 5 heteroatoms. The molecule has 0 aliphatic heterocycles. The summed E-state index contributed by atoms with van der Waals surface area (Å²) in [4.78, 5) is 11.9. The first-order valence-corrected chi connectivity index (χ1v) is 6.84. The highest BCUT2D eigenvalue weighted by molar-refractivity contribution is 7.99. The Hall–Kier alpha value is -0.870. The van der Waals surface area contributed by atoms with Crippen LogP contribution in [0.4, 0.5) is 5.69 Å². The molecule has 17 heavy (non-hydrogen) atoms. The van der Waals surface area contributed by atoms with E-state index in [2.05, 4.69) is 19.2 Å². The SMILES string of the molecule is CSC(C)(C)CNC(=O)c1ccc(N)c(Cl)c1. The minimum absolute atomic E-state index is 0.0211. The lowest BCUT2D eigenvalue weighted by Crippen LogP contribution is -2.36. The molecule has 0 radical (unpaired) electrons. The van der Waals surface area contributed by atoms with Crippen LogP contribution in [0.2, 0.25) is 5.02 Å². The van der Waals surface area contributed by atoms with Crippen molar-refractivity contribution < 1.29 is 4.79 Å². The Bertz CT molecular complexity index is 421. The van der Waals surface area contributed by atoms with E-state index in [4.69, 9.17) is 17.3 Å². The molecular weight excluding hydrogens is 256 g/mol. The maximum atomic E-state index is 11.9. The van der Waals surface area contributed by atoms with Gasteiger partial charge in [0, 0.05) is 16.9 Å². The lowest BCUT2D eigenvalue weighted by molar-refractivity contribution is 0.0951. The molecule has 0 unspecified atom stereocenters. The van der Waals surface area contributed by atoms with E-state index in [1.807, 2.05) is 6.26 Å². The lowest BCUT2D eigenvalue weighted by Gasteiger charge is -2.22. The van der Waals surface area contributed by atoms with Crippen molar-refractivity contribution in [2.45, 2.75) is 18.6 Å². The number of amides is 1. The van der Waals surface area contributed by atoms with Crippen LogP contribution in [-0.4, -0.2) is 23.5 Å². The largest absolute Gasteiger partial charge is 0.398 e. The van der Waals surface area contributed by atoms with E-state index >= 15 is 0 Å². The second kappa shape index (κ2) is 5.65. The summed E-state index contributed by atoms with van der Waals surface area (Å²) in [5, 5.41) is 3.28. The molecule has 0 spiro atoms. The maximum absolute atomic E-state index is 11.9. The van der Waals surface area contributed by atoms with Gasteiger partial charge in [0.25, 0.3) is 5.91 Å². The molecule has 0 saturated heterocycles. The quantitative estimate of drug-likeness (QED) is 0.829. The van der Waals surface area contributed by atoms with Crippen LogP contribution in [0.15, 0.2) is 18.2 Å². The number of anilines is 1. The van der Waals surface area contributed by atoms with Crippen molar-refractivity contribution in [1.29, 1.82) is 0 Å². The van der Waals surface area contributed by atoms with Gasteiger partial charge in [0.15, 0.2) is 0 Å². The van der Waals surface area contributed by atoms with E-state index in [9.17, 15) is 4.79 Å². The van der Waals surface area contributed by atoms with Crippen LogP contribution in [0, 0.1) is 0 Å². The van der Waals surface area contributed by atoms with Crippen molar-refractivity contribution in [3.63, 3.8) is 0 Å². The Morgan fingerprint density at radius 1 is 1.53 bits per heavy atom. The van der Waals surface area contributed by atoms with E-state index in [1.54, 1.807) is 30.0 Å². The zero-order chi connectivity index (χ0) is 13.1. The van der Waals surface area contributed by atoms with Crippen molar-refractivity contribution in [1.82, 2.24) is 5.32 Å². The predicted octanol–water partition coefficient (Wildman–Crippen LogP) is 2.79. The van der Waals surface area contributed by atoms with Gasteiger partial charge in [-0.3, -0.25) is 4.79 Å². The Kier molecular flexibility index (Phi) is 4.71. The number of nitrogen functional groups attached to an aromatic ring is 1. The van der Waals surface area contributed by atoms with Gasteiger partial charge in [-0.25, -0.2) is 0 Å². The van der Waals surface area contributed by atoms with Gasteiger partial charge in [0.2, 0.25) is 0 Å². The van der Waals surface area contributed by atoms with Crippen LogP contribution in [0.25, 0.3) is 0 Å². The molecule has 1 aromatic carbocycles. The summed E-state index contributed by atoms with van der Waals surface area (Å²) in [6.45, 7) is 4.76. The Labute approximate surface area is 111 Å². The molecule has 1 amide bonds. The zero-order valence-corrected chi connectivity index (χ0v) is 11.8. The van der Waals surface area contributed by atoms with Crippen LogP contribution in [0.3, 0.4) is 0 Å². The van der Waals surface area contributed by atoms with Gasteiger partial charge in [0.05, 0.1) is 10.7 Å². The van der Waals surface area contributed by atoms with Gasteiger partial charge in [-0.1, -0.05) is 11.6 Å². The van der Waals surface area contributed by atoms with Gasteiger partial charge in [-0.15, -0.1) is 0 Å². The second-order valence-corrected chi connectivity index (χ2v) is 6.30. The summed E-state index contributed by atoms with van der Waals surface area (Å²) in [6.07, 6.45) is 2.02. The summed E-state index contributed by atoms with van der Waals surface area (Å²) in [6, 6.07) is 4.89. The Morgan fingerprint density at radius 2 is 2.18 bits per heavy atom. The van der Waals surface area contributed by atoms with Crippen LogP contribution in [-0.2, 0) is 0 Å². The van der Waals surface area contributed by atoms with Gasteiger partial charge < -0.3 is 11.1 Å². The molecule has 0 fully saturated rings. The van der Waals surface area contributed by atoms with E-state index in [0.29, 0.717) is 22.8 Å². The molecule has 3 N–H and O–H groups in total. The van der Waals surface area contributed by atoms with Gasteiger partial charge in [-0.2, -0.15) is 11.8 Å². The van der Waals surface area contributed by atoms with Crippen molar-refractivity contribution in [3.05, 3.63) is 28.8 Å². The average molecular weight is 273 g/mol. The van der Waals surface area contributed by atoms with Gasteiger partial charge >= 0.3 is 0 Å². The minimum Gasteiger partial charge on any atom is -0.398 e. The normalized spacial score (nSPS) is 11.3. The highest BCUT2D eigenvalue weighted by Crippen LogP contribution is 2.21. The Balaban J connectivity index is 2.68. The summed E-state index contributed by atoms with van der Waals surface area (Å²) in [7, 11) is 0. The molecule has 0 aliphatic rings. The smallest absolute Gasteiger partial charge is 0.251 e. The number of nitrogens with two attached hydrogens (primary N) is 1. The fourth-order valence-corrected chi connectivity index (χ4v) is 1.53. The molecule has 0 aliphatic carbocycles. The number of carbonyl (C=O) groups excluding carboxylic acids is 1. The molecule has 94 valence electrons. The molecule has 0 atom stereocenters. The summed E-state index contributed by atoms with van der Waals surface area (Å²) >= 11 is 7.58. The van der Waals surface area contributed by atoms with Crippen LogP contribution in [0.5, 0.6) is 0 Å². The van der Waals surface area contributed by atoms with Crippen LogP contribution >= 0.6 is 23.4 Å². The monoisotopic (exact) mass is 272 g/mol. The van der Waals surface area contributed by atoms with E-state index in [-0.39, 0.29) is 10.7 Å². The molecule has 0 heterocycles. The first kappa shape index (κ1) is 14.2. The standard InChI is InChI=1S/C12H17ClN2OS/c1-12(2,17-3)7-15-11(16)8-4-5-10(14)9(13)6-8/h4-6H,7,14H2,1-3H3,(H,15,16). The molecule has 0 aromatic heterocycles. The van der Waals surface area contributed by atoms with Gasteiger partial charge in [0.1, 0.15) is 0 Å².